The fraction of sp³-hybridized carbons (Fsp3) is 0.625. The van der Waals surface area contributed by atoms with E-state index in [1.54, 1.807) is 13.2 Å². The maximum Gasteiger partial charge on any atom is 0.235 e. The lowest BCUT2D eigenvalue weighted by Gasteiger charge is -2.22. The summed E-state index contributed by atoms with van der Waals surface area (Å²) in [6, 6.07) is 4.62. The van der Waals surface area contributed by atoms with E-state index in [4.69, 9.17) is 4.74 Å². The second kappa shape index (κ2) is 6.65. The van der Waals surface area contributed by atoms with Crippen LogP contribution < -0.4 is 4.72 Å². The number of methoxy groups -OCH3 is 1. The van der Waals surface area contributed by atoms with Crippen molar-refractivity contribution in [2.75, 3.05) is 23.3 Å². The molecular formula is C16H23NO5S2. The second-order valence-corrected chi connectivity index (χ2v) is 10.4. The van der Waals surface area contributed by atoms with E-state index >= 15 is 0 Å². The van der Waals surface area contributed by atoms with Gasteiger partial charge in [-0.1, -0.05) is 12.8 Å². The van der Waals surface area contributed by atoms with Crippen LogP contribution in [0, 0.1) is 5.92 Å². The van der Waals surface area contributed by atoms with Gasteiger partial charge in [-0.2, -0.15) is 0 Å². The molecule has 24 heavy (non-hydrogen) atoms. The van der Waals surface area contributed by atoms with Crippen molar-refractivity contribution in [3.63, 3.8) is 0 Å². The van der Waals surface area contributed by atoms with Crippen molar-refractivity contribution in [1.29, 1.82) is 0 Å². The van der Waals surface area contributed by atoms with Crippen LogP contribution in [0.15, 0.2) is 23.1 Å². The van der Waals surface area contributed by atoms with Crippen LogP contribution in [-0.2, 0) is 31.0 Å². The predicted molar refractivity (Wildman–Crippen MR) is 92.4 cm³/mol. The summed E-state index contributed by atoms with van der Waals surface area (Å²) in [4.78, 5) is 0.311. The minimum absolute atomic E-state index is 0.0798. The van der Waals surface area contributed by atoms with Crippen LogP contribution in [0.1, 0.15) is 31.2 Å². The van der Waals surface area contributed by atoms with Crippen LogP contribution in [0.4, 0.5) is 5.69 Å². The van der Waals surface area contributed by atoms with E-state index < -0.39 is 19.9 Å². The number of hydrogen-bond donors (Lipinski definition) is 1. The number of hydrogen-bond acceptors (Lipinski definition) is 5. The molecule has 1 unspecified atom stereocenters. The van der Waals surface area contributed by atoms with Gasteiger partial charge in [0, 0.05) is 12.8 Å². The summed E-state index contributed by atoms with van der Waals surface area (Å²) in [5, 5.41) is 0. The van der Waals surface area contributed by atoms with E-state index in [2.05, 4.69) is 4.72 Å². The molecule has 1 aliphatic heterocycles. The molecule has 0 saturated heterocycles. The van der Waals surface area contributed by atoms with Crippen LogP contribution >= 0.6 is 0 Å². The molecule has 1 aliphatic carbocycles. The smallest absolute Gasteiger partial charge is 0.235 e. The molecule has 0 spiro atoms. The summed E-state index contributed by atoms with van der Waals surface area (Å²) >= 11 is 0. The molecular weight excluding hydrogens is 350 g/mol. The molecule has 6 nitrogen and oxygen atoms in total. The van der Waals surface area contributed by atoms with Gasteiger partial charge >= 0.3 is 0 Å². The summed E-state index contributed by atoms with van der Waals surface area (Å²) in [5.74, 6) is 0.298. The van der Waals surface area contributed by atoms with E-state index in [-0.39, 0.29) is 23.5 Å². The first kappa shape index (κ1) is 17.7. The average molecular weight is 373 g/mol. The van der Waals surface area contributed by atoms with Gasteiger partial charge in [-0.05, 0) is 48.9 Å². The normalized spacial score (nSPS) is 21.5. The summed E-state index contributed by atoms with van der Waals surface area (Å²) in [6.07, 6.45) is 4.37. The number of sulfonamides is 1. The molecule has 0 bridgehead atoms. The number of aryl methyl sites for hydroxylation is 1. The maximum absolute atomic E-state index is 12.4. The number of sulfone groups is 1. The third-order valence-electron chi connectivity index (χ3n) is 4.92. The number of ether oxygens (including phenoxy) is 1. The summed E-state index contributed by atoms with van der Waals surface area (Å²) < 4.78 is 56.5. The molecule has 1 N–H and O–H groups in total. The lowest BCUT2D eigenvalue weighted by molar-refractivity contribution is 0.0718. The van der Waals surface area contributed by atoms with Gasteiger partial charge in [0.2, 0.25) is 10.0 Å². The third-order valence-corrected chi connectivity index (χ3v) is 8.05. The molecule has 2 aliphatic rings. The van der Waals surface area contributed by atoms with Crippen molar-refractivity contribution in [3.05, 3.63) is 23.8 Å². The highest BCUT2D eigenvalue weighted by Crippen LogP contribution is 2.31. The summed E-state index contributed by atoms with van der Waals surface area (Å²) in [5.41, 5.74) is 1.08. The molecule has 1 fully saturated rings. The van der Waals surface area contributed by atoms with Gasteiger partial charge in [-0.25, -0.2) is 16.8 Å². The monoisotopic (exact) mass is 373 g/mol. The zero-order chi connectivity index (χ0) is 17.4. The highest BCUT2D eigenvalue weighted by Gasteiger charge is 2.30. The Morgan fingerprint density at radius 2 is 2.00 bits per heavy atom. The quantitative estimate of drug-likeness (QED) is 0.823. The van der Waals surface area contributed by atoms with Gasteiger partial charge in [0.15, 0.2) is 9.84 Å². The molecule has 134 valence electrons. The molecule has 1 saturated carbocycles. The van der Waals surface area contributed by atoms with Gasteiger partial charge in [0.25, 0.3) is 0 Å². The number of anilines is 1. The summed E-state index contributed by atoms with van der Waals surface area (Å²) in [6.45, 7) is 0. The fourth-order valence-electron chi connectivity index (χ4n) is 3.66. The van der Waals surface area contributed by atoms with Gasteiger partial charge in [0.05, 0.1) is 22.5 Å². The lowest BCUT2D eigenvalue weighted by Crippen LogP contribution is -2.32. The zero-order valence-electron chi connectivity index (χ0n) is 13.7. The molecule has 3 rings (SSSR count). The van der Waals surface area contributed by atoms with Crippen molar-refractivity contribution in [1.82, 2.24) is 0 Å². The van der Waals surface area contributed by atoms with E-state index in [0.717, 1.165) is 25.7 Å². The first-order valence-corrected chi connectivity index (χ1v) is 11.5. The van der Waals surface area contributed by atoms with Crippen LogP contribution in [0.25, 0.3) is 0 Å². The Morgan fingerprint density at radius 1 is 1.29 bits per heavy atom. The number of rotatable bonds is 6. The number of nitrogens with one attached hydrogen (secondary N) is 1. The number of benzene rings is 1. The number of fused-ring (bicyclic) bond motifs is 1. The van der Waals surface area contributed by atoms with E-state index in [0.29, 0.717) is 22.6 Å². The lowest BCUT2D eigenvalue weighted by atomic mass is 10.0. The first-order valence-electron chi connectivity index (χ1n) is 8.20. The van der Waals surface area contributed by atoms with Gasteiger partial charge in [0.1, 0.15) is 0 Å². The molecule has 1 atom stereocenters. The predicted octanol–water partition coefficient (Wildman–Crippen LogP) is 1.96. The topological polar surface area (TPSA) is 89.5 Å². The zero-order valence-corrected chi connectivity index (χ0v) is 15.3. The largest absolute Gasteiger partial charge is 0.380 e. The highest BCUT2D eigenvalue weighted by molar-refractivity contribution is 7.92. The second-order valence-electron chi connectivity index (χ2n) is 6.59. The molecule has 8 heteroatoms. The van der Waals surface area contributed by atoms with Crippen LogP contribution in [-0.4, -0.2) is 41.6 Å². The standard InChI is InChI=1S/C16H23NO5S2/c1-22-15(12-4-2-3-5-12)11-24(20,21)17-14-6-7-16-13(10-14)8-9-23(16,18)19/h6-7,10,12,15,17H,2-5,8-9,11H2,1H3. The Morgan fingerprint density at radius 3 is 2.67 bits per heavy atom. The Hall–Kier alpha value is -1.12. The molecule has 0 radical (unpaired) electrons. The van der Waals surface area contributed by atoms with Gasteiger partial charge in [-0.3, -0.25) is 4.72 Å². The van der Waals surface area contributed by atoms with Gasteiger partial charge < -0.3 is 4.74 Å². The molecule has 1 aromatic carbocycles. The SMILES string of the molecule is COC(CS(=O)(=O)Nc1ccc2c(c1)CCS2(=O)=O)C1CCCC1. The van der Waals surface area contributed by atoms with Crippen molar-refractivity contribution in [3.8, 4) is 0 Å². The highest BCUT2D eigenvalue weighted by atomic mass is 32.2. The molecule has 0 amide bonds. The first-order chi connectivity index (χ1) is 11.3. The van der Waals surface area contributed by atoms with E-state index in [9.17, 15) is 16.8 Å². The average Bonchev–Trinajstić information content (AvgIpc) is 3.13. The van der Waals surface area contributed by atoms with Crippen LogP contribution in [0.2, 0.25) is 0 Å². The summed E-state index contributed by atoms with van der Waals surface area (Å²) in [7, 11) is -5.20. The molecule has 0 aromatic heterocycles. The van der Waals surface area contributed by atoms with Crippen LogP contribution in [0.5, 0.6) is 0 Å². The molecule has 1 aromatic rings. The van der Waals surface area contributed by atoms with Crippen LogP contribution in [0.3, 0.4) is 0 Å². The maximum atomic E-state index is 12.4. The molecule has 1 heterocycles. The van der Waals surface area contributed by atoms with Crippen molar-refractivity contribution < 1.29 is 21.6 Å². The van der Waals surface area contributed by atoms with E-state index in [1.807, 2.05) is 0 Å². The van der Waals surface area contributed by atoms with Crippen molar-refractivity contribution in [2.45, 2.75) is 43.1 Å². The fourth-order valence-corrected chi connectivity index (χ4v) is 6.61. The minimum Gasteiger partial charge on any atom is -0.380 e. The van der Waals surface area contributed by atoms with Gasteiger partial charge in [-0.15, -0.1) is 0 Å². The Labute approximate surface area is 143 Å². The van der Waals surface area contributed by atoms with E-state index in [1.165, 1.54) is 12.1 Å². The van der Waals surface area contributed by atoms with Crippen molar-refractivity contribution >= 4 is 25.5 Å². The Bertz CT molecular complexity index is 811. The minimum atomic E-state index is -3.55. The third kappa shape index (κ3) is 3.75. The Kier molecular flexibility index (Phi) is 4.90. The Balaban J connectivity index is 1.73. The van der Waals surface area contributed by atoms with Crippen molar-refractivity contribution in [2.24, 2.45) is 5.92 Å².